The molecule has 0 aliphatic rings. The van der Waals surface area contributed by atoms with Gasteiger partial charge in [0.05, 0.1) is 0 Å². The minimum Gasteiger partial charge on any atom is -0.439 e. The number of nitrogens with two attached hydrogens (primary N) is 1. The number of rotatable bonds is 2. The maximum Gasteiger partial charge on any atom is 0.221 e. The minimum absolute atomic E-state index is 0.434. The third kappa shape index (κ3) is 2.44. The number of anilines is 1. The standard InChI is InChI=1S/C12H11ClN2O/c1-8-7-9(5-6-10(8)13)16-12-4-2-3-11(14)15-12/h2-7H,1H3,(H2,14,15). The van der Waals surface area contributed by atoms with Gasteiger partial charge in [-0.3, -0.25) is 0 Å². The first-order valence-electron chi connectivity index (χ1n) is 4.82. The lowest BCUT2D eigenvalue weighted by atomic mass is 10.2. The molecule has 2 N–H and O–H groups in total. The summed E-state index contributed by atoms with van der Waals surface area (Å²) in [5.41, 5.74) is 6.52. The Morgan fingerprint density at radius 2 is 2.06 bits per heavy atom. The number of nitrogens with zero attached hydrogens (tertiary/aromatic N) is 1. The molecule has 0 saturated heterocycles. The number of aryl methyl sites for hydroxylation is 1. The van der Waals surface area contributed by atoms with Gasteiger partial charge in [0.1, 0.15) is 11.6 Å². The molecule has 0 aliphatic heterocycles. The molecule has 1 heterocycles. The molecule has 1 aromatic carbocycles. The summed E-state index contributed by atoms with van der Waals surface area (Å²) in [6.45, 7) is 1.92. The van der Waals surface area contributed by atoms with Crippen molar-refractivity contribution in [1.29, 1.82) is 0 Å². The van der Waals surface area contributed by atoms with E-state index in [1.54, 1.807) is 30.3 Å². The van der Waals surface area contributed by atoms with Crippen LogP contribution in [0.1, 0.15) is 5.56 Å². The highest BCUT2D eigenvalue weighted by molar-refractivity contribution is 6.31. The van der Waals surface area contributed by atoms with E-state index in [1.165, 1.54) is 0 Å². The Morgan fingerprint density at radius 1 is 1.25 bits per heavy atom. The van der Waals surface area contributed by atoms with E-state index >= 15 is 0 Å². The molecule has 0 bridgehead atoms. The number of aromatic nitrogens is 1. The van der Waals surface area contributed by atoms with Crippen LogP contribution in [0.25, 0.3) is 0 Å². The van der Waals surface area contributed by atoms with Gasteiger partial charge in [0.15, 0.2) is 0 Å². The third-order valence-corrected chi connectivity index (χ3v) is 2.52. The SMILES string of the molecule is Cc1cc(Oc2cccc(N)n2)ccc1Cl. The van der Waals surface area contributed by atoms with E-state index in [2.05, 4.69) is 4.98 Å². The fourth-order valence-electron chi connectivity index (χ4n) is 1.29. The van der Waals surface area contributed by atoms with E-state index in [4.69, 9.17) is 22.1 Å². The van der Waals surface area contributed by atoms with Crippen molar-refractivity contribution in [3.63, 3.8) is 0 Å². The molecule has 16 heavy (non-hydrogen) atoms. The third-order valence-electron chi connectivity index (χ3n) is 2.10. The first-order chi connectivity index (χ1) is 7.65. The summed E-state index contributed by atoms with van der Waals surface area (Å²) in [5.74, 6) is 1.60. The lowest BCUT2D eigenvalue weighted by molar-refractivity contribution is 0.463. The highest BCUT2D eigenvalue weighted by Gasteiger charge is 2.01. The summed E-state index contributed by atoms with van der Waals surface area (Å²) in [5, 5.41) is 0.716. The van der Waals surface area contributed by atoms with E-state index in [-0.39, 0.29) is 0 Å². The Hall–Kier alpha value is -1.74. The van der Waals surface area contributed by atoms with Crippen LogP contribution in [0.2, 0.25) is 5.02 Å². The second kappa shape index (κ2) is 4.41. The van der Waals surface area contributed by atoms with Gasteiger partial charge >= 0.3 is 0 Å². The Bertz CT molecular complexity index is 514. The summed E-state index contributed by atoms with van der Waals surface area (Å²) in [7, 11) is 0. The fraction of sp³-hybridized carbons (Fsp3) is 0.0833. The molecule has 0 atom stereocenters. The van der Waals surface area contributed by atoms with Gasteiger partial charge in [-0.2, -0.15) is 4.98 Å². The van der Waals surface area contributed by atoms with Gasteiger partial charge in [0.2, 0.25) is 5.88 Å². The Balaban J connectivity index is 2.24. The molecule has 82 valence electrons. The summed E-state index contributed by atoms with van der Waals surface area (Å²) in [6, 6.07) is 10.7. The quantitative estimate of drug-likeness (QED) is 0.866. The number of halogens is 1. The first-order valence-corrected chi connectivity index (χ1v) is 5.19. The van der Waals surface area contributed by atoms with Crippen LogP contribution in [0.5, 0.6) is 11.6 Å². The van der Waals surface area contributed by atoms with Gasteiger partial charge in [-0.05, 0) is 36.8 Å². The number of hydrogen-bond donors (Lipinski definition) is 1. The van der Waals surface area contributed by atoms with Crippen LogP contribution >= 0.6 is 11.6 Å². The Morgan fingerprint density at radius 3 is 2.75 bits per heavy atom. The normalized spacial score (nSPS) is 10.1. The molecule has 3 nitrogen and oxygen atoms in total. The molecule has 0 amide bonds. The van der Waals surface area contributed by atoms with Crippen LogP contribution in [-0.4, -0.2) is 4.98 Å². The zero-order chi connectivity index (χ0) is 11.5. The number of ether oxygens (including phenoxy) is 1. The molecule has 0 unspecified atom stereocenters. The van der Waals surface area contributed by atoms with Crippen LogP contribution in [0.4, 0.5) is 5.82 Å². The van der Waals surface area contributed by atoms with Crippen LogP contribution in [-0.2, 0) is 0 Å². The van der Waals surface area contributed by atoms with E-state index in [0.717, 1.165) is 5.56 Å². The lowest BCUT2D eigenvalue weighted by Crippen LogP contribution is -1.93. The monoisotopic (exact) mass is 234 g/mol. The van der Waals surface area contributed by atoms with E-state index < -0.39 is 0 Å². The largest absolute Gasteiger partial charge is 0.439 e. The highest BCUT2D eigenvalue weighted by atomic mass is 35.5. The average Bonchev–Trinajstić information content (AvgIpc) is 2.24. The molecule has 1 aromatic heterocycles. The second-order valence-corrected chi connectivity index (χ2v) is 3.82. The Kier molecular flexibility index (Phi) is 2.97. The zero-order valence-corrected chi connectivity index (χ0v) is 9.53. The molecule has 0 spiro atoms. The van der Waals surface area contributed by atoms with Crippen molar-refractivity contribution in [1.82, 2.24) is 4.98 Å². The number of pyridine rings is 1. The molecule has 4 heteroatoms. The number of hydrogen-bond acceptors (Lipinski definition) is 3. The van der Waals surface area contributed by atoms with E-state index in [1.807, 2.05) is 13.0 Å². The molecule has 0 fully saturated rings. The first kappa shape index (κ1) is 10.8. The predicted molar refractivity (Wildman–Crippen MR) is 64.9 cm³/mol. The van der Waals surface area contributed by atoms with Crippen LogP contribution in [0, 0.1) is 6.92 Å². The molecule has 0 saturated carbocycles. The maximum atomic E-state index is 5.92. The van der Waals surface area contributed by atoms with Crippen molar-refractivity contribution < 1.29 is 4.74 Å². The van der Waals surface area contributed by atoms with Crippen LogP contribution < -0.4 is 10.5 Å². The lowest BCUT2D eigenvalue weighted by Gasteiger charge is -2.06. The predicted octanol–water partition coefficient (Wildman–Crippen LogP) is 3.42. The molecular formula is C12H11ClN2O. The topological polar surface area (TPSA) is 48.1 Å². The van der Waals surface area contributed by atoms with Gasteiger partial charge in [-0.1, -0.05) is 17.7 Å². The zero-order valence-electron chi connectivity index (χ0n) is 8.77. The van der Waals surface area contributed by atoms with E-state index in [0.29, 0.717) is 22.5 Å². The van der Waals surface area contributed by atoms with Crippen LogP contribution in [0.15, 0.2) is 36.4 Å². The molecule has 0 aliphatic carbocycles. The summed E-state index contributed by atoms with van der Waals surface area (Å²) >= 11 is 5.92. The minimum atomic E-state index is 0.434. The van der Waals surface area contributed by atoms with Crippen molar-refractivity contribution in [2.24, 2.45) is 0 Å². The number of nitrogen functional groups attached to an aromatic ring is 1. The summed E-state index contributed by atoms with van der Waals surface area (Å²) in [6.07, 6.45) is 0. The van der Waals surface area contributed by atoms with Crippen molar-refractivity contribution in [3.05, 3.63) is 47.0 Å². The molecule has 2 rings (SSSR count). The van der Waals surface area contributed by atoms with Gasteiger partial charge < -0.3 is 10.5 Å². The molecule has 2 aromatic rings. The van der Waals surface area contributed by atoms with Gasteiger partial charge in [-0.15, -0.1) is 0 Å². The average molecular weight is 235 g/mol. The second-order valence-electron chi connectivity index (χ2n) is 3.41. The summed E-state index contributed by atoms with van der Waals surface area (Å²) in [4.78, 5) is 4.04. The van der Waals surface area contributed by atoms with Gasteiger partial charge in [0, 0.05) is 11.1 Å². The van der Waals surface area contributed by atoms with Crippen molar-refractivity contribution >= 4 is 17.4 Å². The van der Waals surface area contributed by atoms with Gasteiger partial charge in [-0.25, -0.2) is 0 Å². The Labute approximate surface area is 98.8 Å². The van der Waals surface area contributed by atoms with Crippen LogP contribution in [0.3, 0.4) is 0 Å². The van der Waals surface area contributed by atoms with Crippen molar-refractivity contribution in [3.8, 4) is 11.6 Å². The summed E-state index contributed by atoms with van der Waals surface area (Å²) < 4.78 is 5.55. The number of benzene rings is 1. The van der Waals surface area contributed by atoms with E-state index in [9.17, 15) is 0 Å². The van der Waals surface area contributed by atoms with Crippen molar-refractivity contribution in [2.45, 2.75) is 6.92 Å². The van der Waals surface area contributed by atoms with Gasteiger partial charge in [0.25, 0.3) is 0 Å². The molecular weight excluding hydrogens is 224 g/mol. The highest BCUT2D eigenvalue weighted by Crippen LogP contribution is 2.25. The maximum absolute atomic E-state index is 5.92. The molecule has 0 radical (unpaired) electrons. The smallest absolute Gasteiger partial charge is 0.221 e. The fourth-order valence-corrected chi connectivity index (χ4v) is 1.41. The van der Waals surface area contributed by atoms with Crippen molar-refractivity contribution in [2.75, 3.05) is 5.73 Å².